The Morgan fingerprint density at radius 2 is 2.16 bits per heavy atom. The van der Waals surface area contributed by atoms with E-state index in [4.69, 9.17) is 5.11 Å². The van der Waals surface area contributed by atoms with Crippen molar-refractivity contribution in [1.29, 1.82) is 0 Å². The number of aryl methyl sites for hydroxylation is 1. The van der Waals surface area contributed by atoms with E-state index in [1.54, 1.807) is 6.92 Å². The number of halogens is 1. The number of aromatic carboxylic acids is 1. The van der Waals surface area contributed by atoms with Crippen LogP contribution in [0.2, 0.25) is 0 Å². The highest BCUT2D eigenvalue weighted by molar-refractivity contribution is 7.99. The van der Waals surface area contributed by atoms with E-state index in [1.165, 1.54) is 18.2 Å². The van der Waals surface area contributed by atoms with Crippen LogP contribution >= 0.6 is 11.8 Å². The molecule has 7 heteroatoms. The summed E-state index contributed by atoms with van der Waals surface area (Å²) in [6.07, 6.45) is 0. The lowest BCUT2D eigenvalue weighted by molar-refractivity contribution is 0.0696. The molecule has 0 radical (unpaired) electrons. The Kier molecular flexibility index (Phi) is 3.66. The molecule has 2 rings (SSSR count). The quantitative estimate of drug-likeness (QED) is 0.841. The van der Waals surface area contributed by atoms with E-state index in [0.29, 0.717) is 5.69 Å². The molecule has 19 heavy (non-hydrogen) atoms. The number of nitrogens with zero attached hydrogens (tertiary/aromatic N) is 1. The van der Waals surface area contributed by atoms with Gasteiger partial charge in [-0.25, -0.2) is 14.2 Å². The molecule has 5 nitrogen and oxygen atoms in total. The Labute approximate surface area is 111 Å². The van der Waals surface area contributed by atoms with Crippen LogP contribution in [0.4, 0.5) is 4.39 Å². The van der Waals surface area contributed by atoms with E-state index >= 15 is 0 Å². The maximum absolute atomic E-state index is 13.7. The summed E-state index contributed by atoms with van der Waals surface area (Å²) in [5.41, 5.74) is 0.0684. The Morgan fingerprint density at radius 3 is 2.74 bits per heavy atom. The zero-order valence-electron chi connectivity index (χ0n) is 9.81. The van der Waals surface area contributed by atoms with Gasteiger partial charge in [0.25, 0.3) is 5.56 Å². The highest BCUT2D eigenvalue weighted by Crippen LogP contribution is 2.27. The Balaban J connectivity index is 2.33. The topological polar surface area (TPSA) is 83.0 Å². The van der Waals surface area contributed by atoms with Gasteiger partial charge in [0.05, 0.1) is 10.5 Å². The number of carboxylic acid groups (broad SMARTS) is 1. The van der Waals surface area contributed by atoms with Crippen LogP contribution in [-0.4, -0.2) is 21.0 Å². The van der Waals surface area contributed by atoms with Gasteiger partial charge in [0.1, 0.15) is 5.82 Å². The fourth-order valence-electron chi connectivity index (χ4n) is 1.42. The zero-order valence-corrected chi connectivity index (χ0v) is 10.6. The van der Waals surface area contributed by atoms with Crippen molar-refractivity contribution in [2.45, 2.75) is 17.0 Å². The molecule has 0 amide bonds. The molecule has 0 fully saturated rings. The summed E-state index contributed by atoms with van der Waals surface area (Å²) in [7, 11) is 0. The summed E-state index contributed by atoms with van der Waals surface area (Å²) in [6, 6.07) is 4.89. The van der Waals surface area contributed by atoms with Crippen LogP contribution in [0, 0.1) is 12.7 Å². The lowest BCUT2D eigenvalue weighted by Crippen LogP contribution is -2.08. The van der Waals surface area contributed by atoms with Crippen molar-refractivity contribution in [1.82, 2.24) is 9.97 Å². The molecule has 2 aromatic rings. The number of aromatic amines is 1. The third kappa shape index (κ3) is 3.19. The first-order valence-corrected chi connectivity index (χ1v) is 6.06. The number of carboxylic acids is 1. The summed E-state index contributed by atoms with van der Waals surface area (Å²) in [4.78, 5) is 28.6. The van der Waals surface area contributed by atoms with Crippen LogP contribution in [0.15, 0.2) is 39.1 Å². The predicted molar refractivity (Wildman–Crippen MR) is 67.1 cm³/mol. The first kappa shape index (κ1) is 13.3. The molecule has 98 valence electrons. The van der Waals surface area contributed by atoms with Gasteiger partial charge in [-0.1, -0.05) is 0 Å². The number of nitrogens with one attached hydrogen (secondary N) is 1. The highest BCUT2D eigenvalue weighted by atomic mass is 32.2. The van der Waals surface area contributed by atoms with Crippen molar-refractivity contribution < 1.29 is 14.3 Å². The van der Waals surface area contributed by atoms with Gasteiger partial charge in [-0.15, -0.1) is 0 Å². The molecule has 0 atom stereocenters. The Bertz CT molecular complexity index is 700. The third-order valence-electron chi connectivity index (χ3n) is 2.23. The lowest BCUT2D eigenvalue weighted by Gasteiger charge is -2.04. The maximum Gasteiger partial charge on any atom is 0.335 e. The molecule has 0 bridgehead atoms. The van der Waals surface area contributed by atoms with Crippen molar-refractivity contribution in [3.63, 3.8) is 0 Å². The molecule has 0 spiro atoms. The van der Waals surface area contributed by atoms with Gasteiger partial charge in [-0.3, -0.25) is 4.79 Å². The van der Waals surface area contributed by atoms with Crippen LogP contribution < -0.4 is 5.56 Å². The molecule has 2 N–H and O–H groups in total. The smallest absolute Gasteiger partial charge is 0.335 e. The molecule has 0 saturated carbocycles. The van der Waals surface area contributed by atoms with Crippen molar-refractivity contribution in [3.8, 4) is 0 Å². The van der Waals surface area contributed by atoms with Gasteiger partial charge < -0.3 is 10.1 Å². The summed E-state index contributed by atoms with van der Waals surface area (Å²) in [6.45, 7) is 1.66. The molecule has 1 heterocycles. The number of hydrogen-bond donors (Lipinski definition) is 2. The third-order valence-corrected chi connectivity index (χ3v) is 3.17. The normalized spacial score (nSPS) is 10.4. The second-order valence-electron chi connectivity index (χ2n) is 3.74. The predicted octanol–water partition coefficient (Wildman–Crippen LogP) is 2.07. The fourth-order valence-corrected chi connectivity index (χ4v) is 2.26. The summed E-state index contributed by atoms with van der Waals surface area (Å²) in [5, 5.41) is 8.99. The summed E-state index contributed by atoms with van der Waals surface area (Å²) in [5.74, 6) is -1.87. The maximum atomic E-state index is 13.7. The van der Waals surface area contributed by atoms with Crippen LogP contribution in [0.1, 0.15) is 16.1 Å². The minimum atomic E-state index is -1.20. The fraction of sp³-hybridized carbons (Fsp3) is 0.0833. The van der Waals surface area contributed by atoms with Crippen molar-refractivity contribution in [2.24, 2.45) is 0 Å². The average Bonchev–Trinajstić information content (AvgIpc) is 2.30. The van der Waals surface area contributed by atoms with Crippen LogP contribution in [0.5, 0.6) is 0 Å². The molecule has 0 aliphatic rings. The second kappa shape index (κ2) is 5.23. The highest BCUT2D eigenvalue weighted by Gasteiger charge is 2.10. The van der Waals surface area contributed by atoms with Crippen LogP contribution in [0.25, 0.3) is 0 Å². The van der Waals surface area contributed by atoms with Gasteiger partial charge >= 0.3 is 5.97 Å². The first-order chi connectivity index (χ1) is 8.95. The molecule has 0 saturated heterocycles. The number of benzene rings is 1. The SMILES string of the molecule is Cc1cc(=O)[nH]c(Sc2ccc(C(=O)O)cc2F)n1. The van der Waals surface area contributed by atoms with E-state index in [0.717, 1.165) is 17.8 Å². The van der Waals surface area contributed by atoms with Crippen LogP contribution in [-0.2, 0) is 0 Å². The number of carbonyl (C=O) groups is 1. The molecule has 0 aliphatic heterocycles. The van der Waals surface area contributed by atoms with Gasteiger partial charge in [0.15, 0.2) is 5.16 Å². The van der Waals surface area contributed by atoms with Crippen molar-refractivity contribution in [3.05, 3.63) is 51.7 Å². The molecule has 1 aromatic heterocycles. The molecule has 1 aromatic carbocycles. The van der Waals surface area contributed by atoms with E-state index < -0.39 is 11.8 Å². The van der Waals surface area contributed by atoms with Crippen molar-refractivity contribution >= 4 is 17.7 Å². The number of aromatic nitrogens is 2. The van der Waals surface area contributed by atoms with Crippen LogP contribution in [0.3, 0.4) is 0 Å². The number of rotatable bonds is 3. The monoisotopic (exact) mass is 280 g/mol. The molecular weight excluding hydrogens is 271 g/mol. The lowest BCUT2D eigenvalue weighted by atomic mass is 10.2. The first-order valence-electron chi connectivity index (χ1n) is 5.24. The summed E-state index contributed by atoms with van der Waals surface area (Å²) >= 11 is 0.928. The Morgan fingerprint density at radius 1 is 1.42 bits per heavy atom. The molecule has 0 aliphatic carbocycles. The minimum absolute atomic E-state index is 0.132. The molecule has 0 unspecified atom stereocenters. The summed E-state index contributed by atoms with van der Waals surface area (Å²) < 4.78 is 13.7. The molecular formula is C12H9FN2O3S. The van der Waals surface area contributed by atoms with E-state index in [2.05, 4.69) is 9.97 Å². The minimum Gasteiger partial charge on any atom is -0.478 e. The average molecular weight is 280 g/mol. The van der Waals surface area contributed by atoms with Gasteiger partial charge in [-0.2, -0.15) is 0 Å². The standard InChI is InChI=1S/C12H9FN2O3S/c1-6-4-10(16)15-12(14-6)19-9-3-2-7(11(17)18)5-8(9)13/h2-5H,1H3,(H,17,18)(H,14,15,16). The second-order valence-corrected chi connectivity index (χ2v) is 4.77. The van der Waals surface area contributed by atoms with Gasteiger partial charge in [0.2, 0.25) is 0 Å². The number of hydrogen-bond acceptors (Lipinski definition) is 4. The number of H-pyrrole nitrogens is 1. The zero-order chi connectivity index (χ0) is 14.0. The van der Waals surface area contributed by atoms with Gasteiger partial charge in [0, 0.05) is 11.8 Å². The van der Waals surface area contributed by atoms with Gasteiger partial charge in [-0.05, 0) is 36.9 Å². The van der Waals surface area contributed by atoms with E-state index in [9.17, 15) is 14.0 Å². The van der Waals surface area contributed by atoms with E-state index in [1.807, 2.05) is 0 Å². The van der Waals surface area contributed by atoms with E-state index in [-0.39, 0.29) is 21.2 Å². The van der Waals surface area contributed by atoms with Crippen molar-refractivity contribution in [2.75, 3.05) is 0 Å². The Hall–Kier alpha value is -2.15. The largest absolute Gasteiger partial charge is 0.478 e.